The van der Waals surface area contributed by atoms with Crippen molar-refractivity contribution in [2.45, 2.75) is 420 Å². The van der Waals surface area contributed by atoms with Crippen LogP contribution >= 0.6 is 0 Å². The quantitative estimate of drug-likeness (QED) is 0.0199. The molecule has 12 N–H and O–H groups in total. The van der Waals surface area contributed by atoms with E-state index in [0.717, 1.165) is 116 Å². The van der Waals surface area contributed by atoms with Gasteiger partial charge in [0.15, 0.2) is 18.9 Å². The first-order chi connectivity index (χ1) is 52.8. The molecule has 0 aromatic rings. The molecule has 3 saturated heterocycles. The van der Waals surface area contributed by atoms with E-state index < -0.39 is 124 Å². The fourth-order valence-corrected chi connectivity index (χ4v) is 14.0. The first-order valence-corrected chi connectivity index (χ1v) is 43.1. The molecule has 624 valence electrons. The zero-order chi connectivity index (χ0) is 78.1. The summed E-state index contributed by atoms with van der Waals surface area (Å²) in [5.41, 5.74) is 0. The van der Waals surface area contributed by atoms with Gasteiger partial charge in [-0.15, -0.1) is 0 Å². The predicted octanol–water partition coefficient (Wildman–Crippen LogP) is 15.7. The number of allylic oxidation sites excluding steroid dienone is 17. The van der Waals surface area contributed by atoms with Crippen LogP contribution in [0.15, 0.2) is 109 Å². The molecule has 3 aliphatic heterocycles. The van der Waals surface area contributed by atoms with Crippen molar-refractivity contribution in [1.82, 2.24) is 5.32 Å². The topological polar surface area (TPSA) is 307 Å². The standard InChI is InChI=1S/C89H155NO18/c1-3-5-7-9-11-13-15-17-19-21-23-25-27-29-31-33-35-37-38-40-42-44-46-48-50-52-54-56-58-60-62-64-66-73(94)72(90-77(95)67-65-63-61-59-57-55-53-51-49-47-45-43-41-39-36-34-32-30-28-26-24-22-20-18-16-14-12-10-8-6-4-2)71-103-87-83(101)80(98)85(75(69-92)105-87)108-89-84(102)81(99)86(76(70-93)106-89)107-88-82(100)79(97)78(96)74(68-91)104-88/h6,8,12,14,18,20,24,26,30,32,36,39,43,45,49,51,64,66,72-76,78-89,91-94,96-102H,3-5,7,9-11,13,15-17,19,21-23,25,27-29,31,33-35,37-38,40-42,44,46-48,50,52-63,65,67-71H2,1-2H3,(H,90,95)/b8-6-,14-12-,20-18-,26-24-,32-30-,39-36-,45-43-,51-49-,66-64+. The Morgan fingerprint density at radius 1 is 0.343 bits per heavy atom. The van der Waals surface area contributed by atoms with Crippen LogP contribution in [-0.2, 0) is 33.2 Å². The number of hydrogen-bond donors (Lipinski definition) is 12. The smallest absolute Gasteiger partial charge is 0.220 e. The third kappa shape index (κ3) is 46.6. The van der Waals surface area contributed by atoms with Gasteiger partial charge in [0.1, 0.15) is 73.2 Å². The van der Waals surface area contributed by atoms with E-state index in [1.807, 2.05) is 6.08 Å². The van der Waals surface area contributed by atoms with Crippen LogP contribution in [0.25, 0.3) is 0 Å². The third-order valence-corrected chi connectivity index (χ3v) is 20.8. The Morgan fingerprint density at radius 3 is 1.00 bits per heavy atom. The van der Waals surface area contributed by atoms with Crippen LogP contribution in [0.4, 0.5) is 0 Å². The van der Waals surface area contributed by atoms with Crippen molar-refractivity contribution in [3.8, 4) is 0 Å². The summed E-state index contributed by atoms with van der Waals surface area (Å²) in [6.07, 6.45) is 67.9. The molecule has 19 nitrogen and oxygen atoms in total. The van der Waals surface area contributed by atoms with Crippen LogP contribution in [0.5, 0.6) is 0 Å². The van der Waals surface area contributed by atoms with Crippen LogP contribution < -0.4 is 5.32 Å². The lowest BCUT2D eigenvalue weighted by atomic mass is 9.96. The van der Waals surface area contributed by atoms with Crippen molar-refractivity contribution in [3.63, 3.8) is 0 Å². The molecule has 0 bridgehead atoms. The highest BCUT2D eigenvalue weighted by molar-refractivity contribution is 5.76. The summed E-state index contributed by atoms with van der Waals surface area (Å²) >= 11 is 0. The van der Waals surface area contributed by atoms with E-state index >= 15 is 0 Å². The summed E-state index contributed by atoms with van der Waals surface area (Å²) in [7, 11) is 0. The van der Waals surface area contributed by atoms with E-state index in [4.69, 9.17) is 28.4 Å². The molecule has 1 amide bonds. The monoisotopic (exact) mass is 1530 g/mol. The fourth-order valence-electron chi connectivity index (χ4n) is 14.0. The lowest BCUT2D eigenvalue weighted by Gasteiger charge is -2.48. The van der Waals surface area contributed by atoms with E-state index in [9.17, 15) is 61.0 Å². The number of hydrogen-bond acceptors (Lipinski definition) is 18. The molecule has 3 rings (SSSR count). The molecular formula is C89H155NO18. The van der Waals surface area contributed by atoms with Crippen molar-refractivity contribution in [2.75, 3.05) is 26.4 Å². The van der Waals surface area contributed by atoms with Crippen molar-refractivity contribution >= 4 is 5.91 Å². The number of carbonyl (C=O) groups excluding carboxylic acids is 1. The zero-order valence-corrected chi connectivity index (χ0v) is 67.0. The minimum atomic E-state index is -1.99. The van der Waals surface area contributed by atoms with Crippen LogP contribution in [0.2, 0.25) is 0 Å². The number of nitrogens with one attached hydrogen (secondary N) is 1. The average molecular weight is 1530 g/mol. The van der Waals surface area contributed by atoms with Crippen LogP contribution in [0.1, 0.15) is 316 Å². The number of unbranched alkanes of at least 4 members (excludes halogenated alkanes) is 36. The largest absolute Gasteiger partial charge is 0.394 e. The Balaban J connectivity index is 1.37. The molecule has 17 unspecified atom stereocenters. The molecule has 0 saturated carbocycles. The molecule has 3 heterocycles. The van der Waals surface area contributed by atoms with Crippen LogP contribution in [-0.4, -0.2) is 193 Å². The Hall–Kier alpha value is -3.55. The maximum Gasteiger partial charge on any atom is 0.220 e. The maximum atomic E-state index is 13.5. The molecule has 17 atom stereocenters. The van der Waals surface area contributed by atoms with Crippen molar-refractivity contribution in [3.05, 3.63) is 109 Å². The second-order valence-electron chi connectivity index (χ2n) is 30.3. The molecule has 108 heavy (non-hydrogen) atoms. The number of carbonyl (C=O) groups is 1. The van der Waals surface area contributed by atoms with E-state index in [2.05, 4.69) is 116 Å². The Labute approximate surface area is 653 Å². The van der Waals surface area contributed by atoms with E-state index in [1.54, 1.807) is 6.08 Å². The predicted molar refractivity (Wildman–Crippen MR) is 434 cm³/mol. The fraction of sp³-hybridized carbons (Fsp3) is 0.787. The van der Waals surface area contributed by atoms with Gasteiger partial charge in [0.05, 0.1) is 38.6 Å². The van der Waals surface area contributed by atoms with E-state index in [-0.39, 0.29) is 18.9 Å². The molecule has 19 heteroatoms. The highest BCUT2D eigenvalue weighted by atomic mass is 16.8. The van der Waals surface area contributed by atoms with Gasteiger partial charge in [0.2, 0.25) is 5.91 Å². The van der Waals surface area contributed by atoms with Gasteiger partial charge in [0, 0.05) is 6.42 Å². The average Bonchev–Trinajstić information content (AvgIpc) is 0.779. The summed E-state index contributed by atoms with van der Waals surface area (Å²) in [6.45, 7) is 1.64. The molecule has 0 aliphatic carbocycles. The summed E-state index contributed by atoms with van der Waals surface area (Å²) in [5, 5.41) is 121. The highest BCUT2D eigenvalue weighted by Crippen LogP contribution is 2.33. The van der Waals surface area contributed by atoms with Gasteiger partial charge in [-0.05, 0) is 83.5 Å². The van der Waals surface area contributed by atoms with Crippen LogP contribution in [0, 0.1) is 0 Å². The second-order valence-corrected chi connectivity index (χ2v) is 30.3. The number of amides is 1. The van der Waals surface area contributed by atoms with E-state index in [0.29, 0.717) is 6.42 Å². The molecule has 0 aromatic carbocycles. The number of ether oxygens (including phenoxy) is 6. The summed E-state index contributed by atoms with van der Waals surface area (Å²) < 4.78 is 34.5. The maximum absolute atomic E-state index is 13.5. The SMILES string of the molecule is CC/C=C\C/C=C\C/C=C\C/C=C\C/C=C\C/C=C\C/C=C\C/C=C\CCCCCCCCC(=O)NC(COC1OC(CO)C(OC2OC(CO)C(OC3OC(CO)C(O)C(O)C3O)C(O)C2O)C(O)C1O)C(O)/C=C/CCCCCCCCCCCCCCCCCCCCCCCCCCCCCCCC. The lowest BCUT2D eigenvalue weighted by molar-refractivity contribution is -0.379. The molecular weight excluding hydrogens is 1370 g/mol. The molecule has 3 aliphatic rings. The normalized spacial score (nSPS) is 26.0. The first-order valence-electron chi connectivity index (χ1n) is 43.1. The third-order valence-electron chi connectivity index (χ3n) is 20.8. The molecule has 0 radical (unpaired) electrons. The summed E-state index contributed by atoms with van der Waals surface area (Å²) in [6, 6.07) is -0.992. The van der Waals surface area contributed by atoms with Crippen molar-refractivity contribution in [1.29, 1.82) is 0 Å². The van der Waals surface area contributed by atoms with Gasteiger partial charge in [-0.25, -0.2) is 0 Å². The minimum absolute atomic E-state index is 0.220. The Morgan fingerprint density at radius 2 is 0.639 bits per heavy atom. The van der Waals surface area contributed by atoms with Crippen molar-refractivity contribution in [2.24, 2.45) is 0 Å². The molecule has 3 fully saturated rings. The number of rotatable bonds is 68. The lowest BCUT2D eigenvalue weighted by Crippen LogP contribution is -2.66. The van der Waals surface area contributed by atoms with E-state index in [1.165, 1.54) is 173 Å². The Kier molecular flexibility index (Phi) is 62.0. The van der Waals surface area contributed by atoms with Gasteiger partial charge in [-0.2, -0.15) is 0 Å². The van der Waals surface area contributed by atoms with Gasteiger partial charge >= 0.3 is 0 Å². The minimum Gasteiger partial charge on any atom is -0.394 e. The zero-order valence-electron chi connectivity index (χ0n) is 67.0. The summed E-state index contributed by atoms with van der Waals surface area (Å²) in [5.74, 6) is -0.291. The highest BCUT2D eigenvalue weighted by Gasteiger charge is 2.54. The van der Waals surface area contributed by atoms with Gasteiger partial charge < -0.3 is 89.9 Å². The van der Waals surface area contributed by atoms with Crippen LogP contribution in [0.3, 0.4) is 0 Å². The summed E-state index contributed by atoms with van der Waals surface area (Å²) in [4.78, 5) is 13.5. The number of aliphatic hydroxyl groups excluding tert-OH is 11. The van der Waals surface area contributed by atoms with Gasteiger partial charge in [-0.1, -0.05) is 335 Å². The Bertz CT molecular complexity index is 2380. The second kappa shape index (κ2) is 67.9. The number of aliphatic hydroxyl groups is 11. The first kappa shape index (κ1) is 98.6. The molecule has 0 aromatic heterocycles. The van der Waals surface area contributed by atoms with Gasteiger partial charge in [-0.3, -0.25) is 4.79 Å². The molecule has 0 spiro atoms. The van der Waals surface area contributed by atoms with Crippen molar-refractivity contribution < 1.29 is 89.4 Å². The van der Waals surface area contributed by atoms with Gasteiger partial charge in [0.25, 0.3) is 0 Å².